The highest BCUT2D eigenvalue weighted by atomic mass is 16.3. The maximum Gasteiger partial charge on any atom is 0.221 e. The van der Waals surface area contributed by atoms with Gasteiger partial charge in [-0.3, -0.25) is 9.69 Å². The standard InChI is InChI=1S/C17H26N2O3/c1-18-17(22)11-15-16(21)10-14(12-20)19(15)9-5-8-13-6-3-2-4-7-13/h2-4,6-7,14-16,20-21H,5,8-12H2,1H3,(H,18,22)/t14?,15-,16+/m1/s1. The van der Waals surface area contributed by atoms with Gasteiger partial charge in [0, 0.05) is 25.6 Å². The fourth-order valence-electron chi connectivity index (χ4n) is 3.25. The van der Waals surface area contributed by atoms with E-state index in [1.165, 1.54) is 5.56 Å². The van der Waals surface area contributed by atoms with E-state index < -0.39 is 6.10 Å². The predicted octanol–water partition coefficient (Wildman–Crippen LogP) is 0.551. The Morgan fingerprint density at radius 3 is 2.73 bits per heavy atom. The first-order valence-electron chi connectivity index (χ1n) is 7.95. The van der Waals surface area contributed by atoms with Crippen LogP contribution in [0.5, 0.6) is 0 Å². The first kappa shape index (κ1) is 16.9. The van der Waals surface area contributed by atoms with Crippen molar-refractivity contribution < 1.29 is 15.0 Å². The SMILES string of the molecule is CNC(=O)C[C@@H]1[C@@H](O)CC(CO)N1CCCc1ccccc1. The topological polar surface area (TPSA) is 72.8 Å². The van der Waals surface area contributed by atoms with E-state index in [0.29, 0.717) is 6.42 Å². The van der Waals surface area contributed by atoms with Gasteiger partial charge in [0.05, 0.1) is 12.7 Å². The van der Waals surface area contributed by atoms with Gasteiger partial charge in [-0.1, -0.05) is 30.3 Å². The number of benzene rings is 1. The van der Waals surface area contributed by atoms with E-state index in [0.717, 1.165) is 19.4 Å². The second-order valence-corrected chi connectivity index (χ2v) is 5.91. The van der Waals surface area contributed by atoms with Gasteiger partial charge in [0.15, 0.2) is 0 Å². The summed E-state index contributed by atoms with van der Waals surface area (Å²) in [6, 6.07) is 10.0. The number of nitrogens with zero attached hydrogens (tertiary/aromatic N) is 1. The molecule has 1 aliphatic rings. The third kappa shape index (κ3) is 4.29. The highest BCUT2D eigenvalue weighted by molar-refractivity contribution is 5.76. The molecular formula is C17H26N2O3. The van der Waals surface area contributed by atoms with Crippen molar-refractivity contribution in [2.45, 2.75) is 43.9 Å². The van der Waals surface area contributed by atoms with Crippen molar-refractivity contribution in [3.05, 3.63) is 35.9 Å². The molecule has 0 radical (unpaired) electrons. The Labute approximate surface area is 131 Å². The Bertz CT molecular complexity index is 466. The van der Waals surface area contributed by atoms with Gasteiger partial charge in [0.25, 0.3) is 0 Å². The molecule has 5 heteroatoms. The Hall–Kier alpha value is -1.43. The molecule has 0 aliphatic carbocycles. The van der Waals surface area contributed by atoms with Crippen molar-refractivity contribution in [3.8, 4) is 0 Å². The van der Waals surface area contributed by atoms with E-state index in [1.54, 1.807) is 7.05 Å². The van der Waals surface area contributed by atoms with E-state index >= 15 is 0 Å². The van der Waals surface area contributed by atoms with Crippen LogP contribution < -0.4 is 5.32 Å². The summed E-state index contributed by atoms with van der Waals surface area (Å²) in [5.41, 5.74) is 1.28. The lowest BCUT2D eigenvalue weighted by atomic mass is 10.1. The van der Waals surface area contributed by atoms with Gasteiger partial charge in [0.2, 0.25) is 5.91 Å². The molecule has 0 aromatic heterocycles. The summed E-state index contributed by atoms with van der Waals surface area (Å²) in [5, 5.41) is 22.3. The Morgan fingerprint density at radius 1 is 1.36 bits per heavy atom. The number of aliphatic hydroxyl groups is 2. The normalized spacial score (nSPS) is 25.3. The van der Waals surface area contributed by atoms with Crippen LogP contribution in [0, 0.1) is 0 Å². The minimum absolute atomic E-state index is 0.0205. The zero-order valence-corrected chi connectivity index (χ0v) is 13.1. The molecule has 3 N–H and O–H groups in total. The minimum atomic E-state index is -0.550. The van der Waals surface area contributed by atoms with Gasteiger partial charge in [-0.15, -0.1) is 0 Å². The maximum absolute atomic E-state index is 11.6. The van der Waals surface area contributed by atoms with E-state index in [2.05, 4.69) is 22.3 Å². The molecule has 122 valence electrons. The first-order valence-corrected chi connectivity index (χ1v) is 7.95. The molecule has 3 atom stereocenters. The lowest BCUT2D eigenvalue weighted by Gasteiger charge is -2.29. The minimum Gasteiger partial charge on any atom is -0.395 e. The molecule has 1 heterocycles. The molecule has 1 amide bonds. The molecule has 1 aromatic rings. The van der Waals surface area contributed by atoms with Crippen LogP contribution in [0.3, 0.4) is 0 Å². The van der Waals surface area contributed by atoms with Crippen LogP contribution in [0.25, 0.3) is 0 Å². The molecule has 1 aliphatic heterocycles. The van der Waals surface area contributed by atoms with Crippen LogP contribution in [0.15, 0.2) is 30.3 Å². The van der Waals surface area contributed by atoms with Crippen molar-refractivity contribution in [2.75, 3.05) is 20.2 Å². The van der Waals surface area contributed by atoms with Gasteiger partial charge in [-0.25, -0.2) is 0 Å². The summed E-state index contributed by atoms with van der Waals surface area (Å²) >= 11 is 0. The zero-order chi connectivity index (χ0) is 15.9. The molecule has 0 spiro atoms. The second kappa shape index (κ2) is 8.27. The Balaban J connectivity index is 1.93. The van der Waals surface area contributed by atoms with Crippen LogP contribution >= 0.6 is 0 Å². The van der Waals surface area contributed by atoms with Crippen molar-refractivity contribution in [2.24, 2.45) is 0 Å². The molecule has 1 saturated heterocycles. The van der Waals surface area contributed by atoms with Crippen molar-refractivity contribution in [1.82, 2.24) is 10.2 Å². The fraction of sp³-hybridized carbons (Fsp3) is 0.588. The van der Waals surface area contributed by atoms with Crippen LogP contribution in [0.2, 0.25) is 0 Å². The number of carbonyl (C=O) groups is 1. The van der Waals surface area contributed by atoms with E-state index in [-0.39, 0.29) is 31.0 Å². The van der Waals surface area contributed by atoms with Crippen LogP contribution in [0.4, 0.5) is 0 Å². The summed E-state index contributed by atoms with van der Waals surface area (Å²) in [7, 11) is 1.60. The molecule has 22 heavy (non-hydrogen) atoms. The van der Waals surface area contributed by atoms with Crippen LogP contribution in [-0.4, -0.2) is 59.4 Å². The lowest BCUT2D eigenvalue weighted by Crippen LogP contribution is -2.43. The van der Waals surface area contributed by atoms with Crippen LogP contribution in [0.1, 0.15) is 24.8 Å². The number of hydrogen-bond acceptors (Lipinski definition) is 4. The van der Waals surface area contributed by atoms with E-state index in [1.807, 2.05) is 18.2 Å². The van der Waals surface area contributed by atoms with Crippen molar-refractivity contribution >= 4 is 5.91 Å². The maximum atomic E-state index is 11.6. The number of amides is 1. The zero-order valence-electron chi connectivity index (χ0n) is 13.1. The number of nitrogens with one attached hydrogen (secondary N) is 1. The van der Waals surface area contributed by atoms with Gasteiger partial charge in [0.1, 0.15) is 0 Å². The van der Waals surface area contributed by atoms with Crippen LogP contribution in [-0.2, 0) is 11.2 Å². The van der Waals surface area contributed by atoms with Crippen molar-refractivity contribution in [3.63, 3.8) is 0 Å². The van der Waals surface area contributed by atoms with Crippen molar-refractivity contribution in [1.29, 1.82) is 0 Å². The first-order chi connectivity index (χ1) is 10.7. The van der Waals surface area contributed by atoms with Gasteiger partial charge in [-0.2, -0.15) is 0 Å². The highest BCUT2D eigenvalue weighted by Gasteiger charge is 2.40. The second-order valence-electron chi connectivity index (χ2n) is 5.91. The quantitative estimate of drug-likeness (QED) is 0.688. The largest absolute Gasteiger partial charge is 0.395 e. The molecule has 0 saturated carbocycles. The monoisotopic (exact) mass is 306 g/mol. The summed E-state index contributed by atoms with van der Waals surface area (Å²) < 4.78 is 0. The molecule has 2 rings (SSSR count). The average Bonchev–Trinajstić information content (AvgIpc) is 2.84. The molecule has 1 fully saturated rings. The average molecular weight is 306 g/mol. The van der Waals surface area contributed by atoms with Gasteiger partial charge >= 0.3 is 0 Å². The van der Waals surface area contributed by atoms with Gasteiger partial charge < -0.3 is 15.5 Å². The summed E-state index contributed by atoms with van der Waals surface area (Å²) in [6.45, 7) is 0.797. The molecule has 5 nitrogen and oxygen atoms in total. The Morgan fingerprint density at radius 2 is 2.09 bits per heavy atom. The molecular weight excluding hydrogens is 280 g/mol. The summed E-state index contributed by atoms with van der Waals surface area (Å²) in [4.78, 5) is 13.7. The third-order valence-electron chi connectivity index (χ3n) is 4.46. The summed E-state index contributed by atoms with van der Waals surface area (Å²) in [5.74, 6) is -0.0734. The fourth-order valence-corrected chi connectivity index (χ4v) is 3.25. The molecule has 0 bridgehead atoms. The number of carbonyl (C=O) groups excluding carboxylic acids is 1. The number of hydrogen-bond donors (Lipinski definition) is 3. The highest BCUT2D eigenvalue weighted by Crippen LogP contribution is 2.27. The number of likely N-dealkylation sites (tertiary alicyclic amines) is 1. The third-order valence-corrected chi connectivity index (χ3v) is 4.46. The number of rotatable bonds is 7. The molecule has 1 unspecified atom stereocenters. The lowest BCUT2D eigenvalue weighted by molar-refractivity contribution is -0.122. The number of aliphatic hydroxyl groups excluding tert-OH is 2. The smallest absolute Gasteiger partial charge is 0.221 e. The van der Waals surface area contributed by atoms with E-state index in [9.17, 15) is 15.0 Å². The summed E-state index contributed by atoms with van der Waals surface area (Å²) in [6.07, 6.45) is 2.16. The van der Waals surface area contributed by atoms with E-state index in [4.69, 9.17) is 0 Å². The molecule has 1 aromatic carbocycles. The van der Waals surface area contributed by atoms with Gasteiger partial charge in [-0.05, 0) is 31.4 Å². The predicted molar refractivity (Wildman–Crippen MR) is 85.4 cm³/mol. The Kier molecular flexibility index (Phi) is 6.36. The number of aryl methyl sites for hydroxylation is 1.